The highest BCUT2D eigenvalue weighted by molar-refractivity contribution is 5.97. The number of carbonyl (C=O) groups excluding carboxylic acids is 2. The Morgan fingerprint density at radius 2 is 2.32 bits per heavy atom. The first-order valence-electron chi connectivity index (χ1n) is 7.60. The van der Waals surface area contributed by atoms with Crippen molar-refractivity contribution in [2.75, 3.05) is 18.5 Å². The van der Waals surface area contributed by atoms with Gasteiger partial charge in [-0.1, -0.05) is 6.07 Å². The Balaban J connectivity index is 1.57. The molecule has 2 atom stereocenters. The maximum absolute atomic E-state index is 12.0. The lowest BCUT2D eigenvalue weighted by molar-refractivity contribution is -0.122. The summed E-state index contributed by atoms with van der Waals surface area (Å²) >= 11 is 0. The van der Waals surface area contributed by atoms with E-state index < -0.39 is 6.10 Å². The number of carbonyl (C=O) groups is 2. The first kappa shape index (κ1) is 14.8. The molecule has 1 aromatic rings. The van der Waals surface area contributed by atoms with E-state index in [2.05, 4.69) is 10.6 Å². The number of amides is 2. The van der Waals surface area contributed by atoms with Gasteiger partial charge >= 0.3 is 0 Å². The van der Waals surface area contributed by atoms with Gasteiger partial charge in [0.1, 0.15) is 5.75 Å². The number of hydrogen-bond acceptors (Lipinski definition) is 4. The van der Waals surface area contributed by atoms with E-state index in [9.17, 15) is 9.59 Å². The molecule has 118 valence electrons. The van der Waals surface area contributed by atoms with Crippen molar-refractivity contribution in [1.29, 1.82) is 0 Å². The first-order valence-corrected chi connectivity index (χ1v) is 7.60. The van der Waals surface area contributed by atoms with Crippen molar-refractivity contribution in [3.05, 3.63) is 23.8 Å². The van der Waals surface area contributed by atoms with Crippen LogP contribution in [-0.4, -0.2) is 37.2 Å². The predicted octanol–water partition coefficient (Wildman–Crippen LogP) is 1.24. The van der Waals surface area contributed by atoms with Gasteiger partial charge in [-0.25, -0.2) is 0 Å². The standard InChI is InChI=1S/C16H20N2O4/c1-10-16(20)18-13-7-11(4-5-14(13)22-10)8-15(19)17-9-12-3-2-6-21-12/h4-5,7,10,12H,2-3,6,8-9H2,1H3,(H,17,19)(H,18,20). The van der Waals surface area contributed by atoms with Gasteiger partial charge in [0.05, 0.1) is 18.2 Å². The summed E-state index contributed by atoms with van der Waals surface area (Å²) in [6, 6.07) is 5.41. The summed E-state index contributed by atoms with van der Waals surface area (Å²) in [6.45, 7) is 3.04. The van der Waals surface area contributed by atoms with Crippen molar-refractivity contribution < 1.29 is 19.1 Å². The van der Waals surface area contributed by atoms with E-state index >= 15 is 0 Å². The fourth-order valence-corrected chi connectivity index (χ4v) is 2.65. The molecule has 0 bridgehead atoms. The van der Waals surface area contributed by atoms with Crippen LogP contribution in [0.15, 0.2) is 18.2 Å². The van der Waals surface area contributed by atoms with E-state index in [0.29, 0.717) is 18.0 Å². The quantitative estimate of drug-likeness (QED) is 0.877. The fourth-order valence-electron chi connectivity index (χ4n) is 2.65. The maximum Gasteiger partial charge on any atom is 0.265 e. The molecule has 1 saturated heterocycles. The topological polar surface area (TPSA) is 76.7 Å². The van der Waals surface area contributed by atoms with Crippen LogP contribution in [0.1, 0.15) is 25.3 Å². The average Bonchev–Trinajstić information content (AvgIpc) is 3.00. The Bertz CT molecular complexity index is 582. The molecule has 2 amide bonds. The summed E-state index contributed by atoms with van der Waals surface area (Å²) in [5.74, 6) is 0.412. The molecular weight excluding hydrogens is 284 g/mol. The molecule has 2 N–H and O–H groups in total. The molecule has 1 aromatic carbocycles. The van der Waals surface area contributed by atoms with Crippen LogP contribution in [0.3, 0.4) is 0 Å². The molecule has 0 aromatic heterocycles. The number of nitrogens with one attached hydrogen (secondary N) is 2. The zero-order chi connectivity index (χ0) is 15.5. The van der Waals surface area contributed by atoms with Gasteiger partial charge in [0, 0.05) is 13.2 Å². The molecule has 2 aliphatic heterocycles. The van der Waals surface area contributed by atoms with Crippen molar-refractivity contribution in [2.45, 2.75) is 38.4 Å². The Hall–Kier alpha value is -2.08. The Morgan fingerprint density at radius 1 is 1.45 bits per heavy atom. The summed E-state index contributed by atoms with van der Waals surface area (Å²) < 4.78 is 11.0. The van der Waals surface area contributed by atoms with Gasteiger partial charge in [-0.05, 0) is 37.5 Å². The fraction of sp³-hybridized carbons (Fsp3) is 0.500. The molecule has 2 unspecified atom stereocenters. The zero-order valence-corrected chi connectivity index (χ0v) is 12.6. The van der Waals surface area contributed by atoms with E-state index in [4.69, 9.17) is 9.47 Å². The second-order valence-electron chi connectivity index (χ2n) is 5.70. The van der Waals surface area contributed by atoms with Crippen LogP contribution in [0, 0.1) is 0 Å². The van der Waals surface area contributed by atoms with Crippen LogP contribution >= 0.6 is 0 Å². The molecule has 6 heteroatoms. The molecule has 2 heterocycles. The lowest BCUT2D eigenvalue weighted by Crippen LogP contribution is -2.34. The monoisotopic (exact) mass is 304 g/mol. The van der Waals surface area contributed by atoms with E-state index in [1.807, 2.05) is 6.07 Å². The Labute approximate surface area is 129 Å². The minimum Gasteiger partial charge on any atom is -0.479 e. The highest BCUT2D eigenvalue weighted by atomic mass is 16.5. The number of benzene rings is 1. The van der Waals surface area contributed by atoms with Gasteiger partial charge in [0.15, 0.2) is 6.10 Å². The maximum atomic E-state index is 12.0. The molecule has 22 heavy (non-hydrogen) atoms. The minimum absolute atomic E-state index is 0.0492. The molecule has 0 radical (unpaired) electrons. The van der Waals surface area contributed by atoms with Gasteiger partial charge in [-0.15, -0.1) is 0 Å². The minimum atomic E-state index is -0.493. The van der Waals surface area contributed by atoms with Crippen LogP contribution in [0.5, 0.6) is 5.75 Å². The van der Waals surface area contributed by atoms with Gasteiger partial charge in [0.25, 0.3) is 5.91 Å². The van der Waals surface area contributed by atoms with Crippen molar-refractivity contribution in [3.8, 4) is 5.75 Å². The number of rotatable bonds is 4. The lowest BCUT2D eigenvalue weighted by Gasteiger charge is -2.23. The zero-order valence-electron chi connectivity index (χ0n) is 12.6. The Morgan fingerprint density at radius 3 is 3.09 bits per heavy atom. The smallest absolute Gasteiger partial charge is 0.265 e. The average molecular weight is 304 g/mol. The molecule has 6 nitrogen and oxygen atoms in total. The summed E-state index contributed by atoms with van der Waals surface area (Å²) in [5.41, 5.74) is 1.45. The third-order valence-electron chi connectivity index (χ3n) is 3.89. The van der Waals surface area contributed by atoms with Crippen LogP contribution < -0.4 is 15.4 Å². The second kappa shape index (κ2) is 6.36. The van der Waals surface area contributed by atoms with Gasteiger partial charge in [-0.2, -0.15) is 0 Å². The molecule has 1 fully saturated rings. The summed E-state index contributed by atoms with van der Waals surface area (Å²) in [7, 11) is 0. The Kier molecular flexibility index (Phi) is 4.29. The summed E-state index contributed by atoms with van der Waals surface area (Å²) in [6.07, 6.45) is 1.98. The van der Waals surface area contributed by atoms with Gasteiger partial charge in [0.2, 0.25) is 5.91 Å². The van der Waals surface area contributed by atoms with Gasteiger partial charge < -0.3 is 20.1 Å². The van der Waals surface area contributed by atoms with Crippen molar-refractivity contribution >= 4 is 17.5 Å². The normalized spacial score (nSPS) is 23.4. The van der Waals surface area contributed by atoms with E-state index in [-0.39, 0.29) is 24.3 Å². The highest BCUT2D eigenvalue weighted by Crippen LogP contribution is 2.30. The number of fused-ring (bicyclic) bond motifs is 1. The van der Waals surface area contributed by atoms with Crippen molar-refractivity contribution in [2.24, 2.45) is 0 Å². The molecular formula is C16H20N2O4. The molecule has 0 saturated carbocycles. The molecule has 3 rings (SSSR count). The van der Waals surface area contributed by atoms with Crippen LogP contribution in [0.4, 0.5) is 5.69 Å². The SMILES string of the molecule is CC1Oc2ccc(CC(=O)NCC3CCCO3)cc2NC1=O. The second-order valence-corrected chi connectivity index (χ2v) is 5.70. The summed E-state index contributed by atoms with van der Waals surface area (Å²) in [4.78, 5) is 23.6. The lowest BCUT2D eigenvalue weighted by atomic mass is 10.1. The third kappa shape index (κ3) is 3.39. The van der Waals surface area contributed by atoms with Gasteiger partial charge in [-0.3, -0.25) is 9.59 Å². The predicted molar refractivity (Wildman–Crippen MR) is 80.8 cm³/mol. The van der Waals surface area contributed by atoms with E-state index in [1.54, 1.807) is 19.1 Å². The van der Waals surface area contributed by atoms with Crippen LogP contribution in [0.2, 0.25) is 0 Å². The third-order valence-corrected chi connectivity index (χ3v) is 3.89. The van der Waals surface area contributed by atoms with Crippen molar-refractivity contribution in [1.82, 2.24) is 5.32 Å². The van der Waals surface area contributed by atoms with Crippen LogP contribution in [0.25, 0.3) is 0 Å². The largest absolute Gasteiger partial charge is 0.479 e. The van der Waals surface area contributed by atoms with E-state index in [1.165, 1.54) is 0 Å². The van der Waals surface area contributed by atoms with Crippen molar-refractivity contribution in [3.63, 3.8) is 0 Å². The molecule has 2 aliphatic rings. The van der Waals surface area contributed by atoms with Crippen LogP contribution in [-0.2, 0) is 20.7 Å². The number of anilines is 1. The summed E-state index contributed by atoms with van der Waals surface area (Å²) in [5, 5.41) is 5.67. The first-order chi connectivity index (χ1) is 10.6. The number of hydrogen-bond donors (Lipinski definition) is 2. The molecule has 0 aliphatic carbocycles. The number of ether oxygens (including phenoxy) is 2. The van der Waals surface area contributed by atoms with E-state index in [0.717, 1.165) is 25.0 Å². The molecule has 0 spiro atoms. The highest BCUT2D eigenvalue weighted by Gasteiger charge is 2.23.